The molecule has 0 aliphatic carbocycles. The molecule has 1 rings (SSSR count). The van der Waals surface area contributed by atoms with Crippen molar-refractivity contribution in [2.24, 2.45) is 0 Å². The summed E-state index contributed by atoms with van der Waals surface area (Å²) in [5, 5.41) is 8.82. The second-order valence-electron chi connectivity index (χ2n) is 2.99. The van der Waals surface area contributed by atoms with Crippen molar-refractivity contribution in [3.05, 3.63) is 29.1 Å². The highest BCUT2D eigenvalue weighted by Gasteiger charge is 2.08. The van der Waals surface area contributed by atoms with Gasteiger partial charge in [0.25, 0.3) is 6.47 Å². The number of ether oxygens (including phenoxy) is 2. The zero-order valence-electron chi connectivity index (χ0n) is 10.8. The number of carbonyl (C=O) groups excluding carboxylic acids is 2. The highest BCUT2D eigenvalue weighted by molar-refractivity contribution is 5.78. The quantitative estimate of drug-likeness (QED) is 0.819. The van der Waals surface area contributed by atoms with Crippen LogP contribution in [0.5, 0.6) is 5.75 Å². The first-order valence-electron chi connectivity index (χ1n) is 4.79. The number of aldehydes is 1. The van der Waals surface area contributed by atoms with Gasteiger partial charge >= 0.3 is 0 Å². The van der Waals surface area contributed by atoms with Gasteiger partial charge in [-0.2, -0.15) is 0 Å². The minimum atomic E-state index is -0.847. The van der Waals surface area contributed by atoms with E-state index in [-0.39, 0.29) is 5.56 Å². The Kier molecular flexibility index (Phi) is 11.8. The lowest BCUT2D eigenvalue weighted by Crippen LogP contribution is -1.91. The number of phenols is 1. The monoisotopic (exact) mass is 260 g/mol. The Labute approximate surface area is 105 Å². The van der Waals surface area contributed by atoms with Gasteiger partial charge in [-0.05, 0) is 18.6 Å². The molecule has 0 atom stereocenters. The van der Waals surface area contributed by atoms with E-state index in [0.717, 1.165) is 0 Å². The molecule has 1 aromatic carbocycles. The minimum absolute atomic E-state index is 0.0787. The summed E-state index contributed by atoms with van der Waals surface area (Å²) in [5.74, 6) is -1.34. The van der Waals surface area contributed by atoms with Gasteiger partial charge < -0.3 is 14.6 Å². The van der Waals surface area contributed by atoms with E-state index in [1.807, 2.05) is 0 Å². The molecule has 0 spiro atoms. The second kappa shape index (κ2) is 11.5. The van der Waals surface area contributed by atoms with Gasteiger partial charge in [-0.15, -0.1) is 0 Å². The maximum absolute atomic E-state index is 12.8. The highest BCUT2D eigenvalue weighted by atomic mass is 19.1. The molecule has 0 amide bonds. The normalized spacial score (nSPS) is 8.06. The van der Waals surface area contributed by atoms with Crippen LogP contribution in [-0.2, 0) is 14.3 Å². The lowest BCUT2D eigenvalue weighted by Gasteiger charge is -2.00. The van der Waals surface area contributed by atoms with Gasteiger partial charge in [0, 0.05) is 14.2 Å². The van der Waals surface area contributed by atoms with Crippen LogP contribution >= 0.6 is 0 Å². The molecule has 0 aromatic heterocycles. The maximum atomic E-state index is 12.8. The molecule has 0 aliphatic rings. The van der Waals surface area contributed by atoms with E-state index in [1.54, 1.807) is 21.1 Å². The topological polar surface area (TPSA) is 72.8 Å². The predicted molar refractivity (Wildman–Crippen MR) is 64.2 cm³/mol. The first-order valence-corrected chi connectivity index (χ1v) is 4.79. The van der Waals surface area contributed by atoms with Gasteiger partial charge in [-0.25, -0.2) is 4.39 Å². The number of phenolic OH excluding ortho intramolecular Hbond substituents is 1. The zero-order chi connectivity index (χ0) is 14.6. The molecule has 0 fully saturated rings. The van der Waals surface area contributed by atoms with Crippen LogP contribution in [0, 0.1) is 12.7 Å². The number of halogens is 1. The fourth-order valence-electron chi connectivity index (χ4n) is 0.823. The maximum Gasteiger partial charge on any atom is 0.292 e. The van der Waals surface area contributed by atoms with E-state index in [4.69, 9.17) is 9.90 Å². The number of hydrogen-bond acceptors (Lipinski definition) is 5. The fraction of sp³-hybridized carbons (Fsp3) is 0.333. The number of rotatable bonds is 2. The third-order valence-electron chi connectivity index (χ3n) is 1.59. The van der Waals surface area contributed by atoms with Crippen LogP contribution in [0.2, 0.25) is 0 Å². The lowest BCUT2D eigenvalue weighted by molar-refractivity contribution is -0.126. The summed E-state index contributed by atoms with van der Waals surface area (Å²) in [6.45, 7) is 1.98. The Morgan fingerprint density at radius 3 is 1.94 bits per heavy atom. The molecule has 102 valence electrons. The molecule has 1 aromatic rings. The van der Waals surface area contributed by atoms with Crippen LogP contribution in [0.4, 0.5) is 4.39 Å². The Balaban J connectivity index is 0. The number of benzene rings is 1. The molecule has 0 saturated carbocycles. The summed E-state index contributed by atoms with van der Waals surface area (Å²) < 4.78 is 20.9. The van der Waals surface area contributed by atoms with Gasteiger partial charge in [0.05, 0.1) is 12.7 Å². The number of aromatic hydroxyl groups is 1. The molecular weight excluding hydrogens is 243 g/mol. The SMILES string of the molecule is COC.COC=O.Cc1ccc(O)c(F)c1C=O. The standard InChI is InChI=1S/C8H7FO2.C2H4O2.C2H6O/c1-5-2-3-7(11)8(9)6(5)4-10;1-4-2-3;1-3-2/h2-4,11H,1H3;2H,1H3;1-2H3. The third kappa shape index (κ3) is 7.34. The third-order valence-corrected chi connectivity index (χ3v) is 1.59. The van der Waals surface area contributed by atoms with E-state index in [9.17, 15) is 9.18 Å². The van der Waals surface area contributed by atoms with Crippen LogP contribution < -0.4 is 0 Å². The van der Waals surface area contributed by atoms with Crippen molar-refractivity contribution in [3.63, 3.8) is 0 Å². The summed E-state index contributed by atoms with van der Waals surface area (Å²) in [6.07, 6.45) is 0.393. The molecule has 0 saturated heterocycles. The van der Waals surface area contributed by atoms with Crippen molar-refractivity contribution in [1.82, 2.24) is 0 Å². The largest absolute Gasteiger partial charge is 0.505 e. The molecule has 1 N–H and O–H groups in total. The van der Waals surface area contributed by atoms with Crippen LogP contribution in [0.3, 0.4) is 0 Å². The predicted octanol–water partition coefficient (Wildman–Crippen LogP) is 1.70. The number of methoxy groups -OCH3 is 2. The van der Waals surface area contributed by atoms with Crippen molar-refractivity contribution < 1.29 is 28.6 Å². The van der Waals surface area contributed by atoms with Crippen molar-refractivity contribution in [1.29, 1.82) is 0 Å². The average molecular weight is 260 g/mol. The van der Waals surface area contributed by atoms with Crippen LogP contribution in [0.1, 0.15) is 15.9 Å². The zero-order valence-corrected chi connectivity index (χ0v) is 10.8. The molecule has 0 unspecified atom stereocenters. The van der Waals surface area contributed by atoms with Crippen LogP contribution in [0.25, 0.3) is 0 Å². The molecular formula is C12H17FO5. The highest BCUT2D eigenvalue weighted by Crippen LogP contribution is 2.20. The van der Waals surface area contributed by atoms with E-state index in [0.29, 0.717) is 18.3 Å². The Hall–Kier alpha value is -1.95. The van der Waals surface area contributed by atoms with Gasteiger partial charge in [0.2, 0.25) is 0 Å². The van der Waals surface area contributed by atoms with E-state index >= 15 is 0 Å². The summed E-state index contributed by atoms with van der Waals surface area (Å²) in [4.78, 5) is 19.2. The van der Waals surface area contributed by atoms with Crippen LogP contribution in [0.15, 0.2) is 12.1 Å². The van der Waals surface area contributed by atoms with Gasteiger partial charge in [-0.3, -0.25) is 9.59 Å². The van der Waals surface area contributed by atoms with Gasteiger partial charge in [0.1, 0.15) is 0 Å². The van der Waals surface area contributed by atoms with Crippen LogP contribution in [-0.4, -0.2) is 39.2 Å². The molecule has 0 radical (unpaired) electrons. The fourth-order valence-corrected chi connectivity index (χ4v) is 0.823. The van der Waals surface area contributed by atoms with Gasteiger partial charge in [-0.1, -0.05) is 6.07 Å². The molecule has 0 aliphatic heterocycles. The number of carbonyl (C=O) groups is 2. The van der Waals surface area contributed by atoms with E-state index < -0.39 is 11.6 Å². The Bertz CT molecular complexity index is 366. The summed E-state index contributed by atoms with van der Waals surface area (Å²) in [6, 6.07) is 2.71. The average Bonchev–Trinajstić information content (AvgIpc) is 2.36. The Morgan fingerprint density at radius 2 is 1.67 bits per heavy atom. The molecule has 18 heavy (non-hydrogen) atoms. The number of hydrogen-bond donors (Lipinski definition) is 1. The lowest BCUT2D eigenvalue weighted by atomic mass is 10.1. The smallest absolute Gasteiger partial charge is 0.292 e. The first kappa shape index (κ1) is 18.4. The second-order valence-corrected chi connectivity index (χ2v) is 2.99. The summed E-state index contributed by atoms with van der Waals surface area (Å²) >= 11 is 0. The minimum Gasteiger partial charge on any atom is -0.505 e. The summed E-state index contributed by atoms with van der Waals surface area (Å²) in [5.41, 5.74) is 0.445. The van der Waals surface area contributed by atoms with E-state index in [1.165, 1.54) is 19.2 Å². The van der Waals surface area contributed by atoms with Gasteiger partial charge in [0.15, 0.2) is 17.9 Å². The first-order chi connectivity index (χ1) is 8.49. The van der Waals surface area contributed by atoms with Crippen molar-refractivity contribution >= 4 is 12.8 Å². The molecule has 0 heterocycles. The van der Waals surface area contributed by atoms with Crippen molar-refractivity contribution in [2.45, 2.75) is 6.92 Å². The molecule has 5 nitrogen and oxygen atoms in total. The Morgan fingerprint density at radius 1 is 1.22 bits per heavy atom. The number of aryl methyl sites for hydroxylation is 1. The van der Waals surface area contributed by atoms with Crippen molar-refractivity contribution in [2.75, 3.05) is 21.3 Å². The van der Waals surface area contributed by atoms with Crippen molar-refractivity contribution in [3.8, 4) is 5.75 Å². The molecule has 0 bridgehead atoms. The molecule has 6 heteroatoms. The van der Waals surface area contributed by atoms with E-state index in [2.05, 4.69) is 9.47 Å². The summed E-state index contributed by atoms with van der Waals surface area (Å²) in [7, 11) is 4.56.